The molecule has 0 fully saturated rings. The third kappa shape index (κ3) is 6.92. The van der Waals surface area contributed by atoms with Crippen LogP contribution in [0.2, 0.25) is 0 Å². The molecule has 2 nitrogen and oxygen atoms in total. The Morgan fingerprint density at radius 1 is 1.57 bits per heavy atom. The Bertz CT molecular complexity index is 230. The molecule has 0 atom stereocenters. The van der Waals surface area contributed by atoms with Crippen LogP contribution in [0.1, 0.15) is 35.9 Å². The SMILES string of the molecule is CCCCCCl.O=C(O)c1cccs1. The number of halogens is 1. The van der Waals surface area contributed by atoms with Crippen molar-refractivity contribution >= 4 is 28.9 Å². The molecule has 14 heavy (non-hydrogen) atoms. The summed E-state index contributed by atoms with van der Waals surface area (Å²) in [6.07, 6.45) is 3.73. The molecule has 1 aromatic rings. The molecule has 0 bridgehead atoms. The van der Waals surface area contributed by atoms with E-state index in [4.69, 9.17) is 16.7 Å². The molecule has 0 aliphatic heterocycles. The van der Waals surface area contributed by atoms with Crippen molar-refractivity contribution in [2.75, 3.05) is 5.88 Å². The zero-order valence-electron chi connectivity index (χ0n) is 8.20. The average molecular weight is 235 g/mol. The van der Waals surface area contributed by atoms with E-state index in [0.717, 1.165) is 5.88 Å². The van der Waals surface area contributed by atoms with Gasteiger partial charge >= 0.3 is 5.97 Å². The van der Waals surface area contributed by atoms with Crippen molar-refractivity contribution in [1.82, 2.24) is 0 Å². The molecule has 1 heterocycles. The van der Waals surface area contributed by atoms with Crippen molar-refractivity contribution in [1.29, 1.82) is 0 Å². The highest BCUT2D eigenvalue weighted by molar-refractivity contribution is 7.11. The van der Waals surface area contributed by atoms with E-state index in [2.05, 4.69) is 6.92 Å². The van der Waals surface area contributed by atoms with E-state index >= 15 is 0 Å². The van der Waals surface area contributed by atoms with Crippen LogP contribution in [0.5, 0.6) is 0 Å². The van der Waals surface area contributed by atoms with Crippen LogP contribution in [0, 0.1) is 0 Å². The number of thiophene rings is 1. The fourth-order valence-corrected chi connectivity index (χ4v) is 1.50. The van der Waals surface area contributed by atoms with Gasteiger partial charge in [0, 0.05) is 5.88 Å². The molecule has 1 N–H and O–H groups in total. The topological polar surface area (TPSA) is 37.3 Å². The summed E-state index contributed by atoms with van der Waals surface area (Å²) in [5, 5.41) is 10.0. The quantitative estimate of drug-likeness (QED) is 0.635. The average Bonchev–Trinajstić information content (AvgIpc) is 2.68. The summed E-state index contributed by atoms with van der Waals surface area (Å²) in [7, 11) is 0. The smallest absolute Gasteiger partial charge is 0.345 e. The van der Waals surface area contributed by atoms with Crippen molar-refractivity contribution in [2.45, 2.75) is 26.2 Å². The number of aromatic carboxylic acids is 1. The minimum absolute atomic E-state index is 0.394. The molecule has 0 amide bonds. The zero-order chi connectivity index (χ0) is 10.8. The van der Waals surface area contributed by atoms with Gasteiger partial charge in [-0.25, -0.2) is 4.79 Å². The van der Waals surface area contributed by atoms with Gasteiger partial charge in [0.2, 0.25) is 0 Å². The molecule has 80 valence electrons. The van der Waals surface area contributed by atoms with Gasteiger partial charge < -0.3 is 5.11 Å². The molecule has 0 saturated heterocycles. The number of carboxylic acid groups (broad SMARTS) is 1. The lowest BCUT2D eigenvalue weighted by molar-refractivity contribution is 0.0702. The number of unbranched alkanes of at least 4 members (excludes halogenated alkanes) is 2. The Hall–Kier alpha value is -0.540. The van der Waals surface area contributed by atoms with Gasteiger partial charge in [0.1, 0.15) is 4.88 Å². The monoisotopic (exact) mass is 234 g/mol. The van der Waals surface area contributed by atoms with Gasteiger partial charge in [-0.05, 0) is 17.9 Å². The number of hydrogen-bond donors (Lipinski definition) is 1. The van der Waals surface area contributed by atoms with Crippen LogP contribution >= 0.6 is 22.9 Å². The van der Waals surface area contributed by atoms with Gasteiger partial charge in [0.25, 0.3) is 0 Å². The van der Waals surface area contributed by atoms with Crippen LogP contribution in [-0.2, 0) is 0 Å². The van der Waals surface area contributed by atoms with Crippen LogP contribution in [0.15, 0.2) is 17.5 Å². The first-order valence-corrected chi connectivity index (χ1v) is 5.96. The van der Waals surface area contributed by atoms with Crippen LogP contribution < -0.4 is 0 Å². The largest absolute Gasteiger partial charge is 0.477 e. The first-order chi connectivity index (χ1) is 6.72. The molecule has 0 aliphatic rings. The van der Waals surface area contributed by atoms with Crippen LogP contribution in [0.3, 0.4) is 0 Å². The molecule has 0 aromatic carbocycles. The molecule has 1 aromatic heterocycles. The fourth-order valence-electron chi connectivity index (χ4n) is 0.745. The van der Waals surface area contributed by atoms with E-state index in [0.29, 0.717) is 4.88 Å². The number of rotatable bonds is 4. The molecule has 0 aliphatic carbocycles. The number of carbonyl (C=O) groups is 1. The fraction of sp³-hybridized carbons (Fsp3) is 0.500. The predicted octanol–water partition coefficient (Wildman–Crippen LogP) is 3.86. The van der Waals surface area contributed by atoms with Gasteiger partial charge in [-0.3, -0.25) is 0 Å². The van der Waals surface area contributed by atoms with Crippen molar-refractivity contribution in [3.63, 3.8) is 0 Å². The number of alkyl halides is 1. The minimum atomic E-state index is -0.847. The lowest BCUT2D eigenvalue weighted by atomic mass is 10.3. The molecule has 1 rings (SSSR count). The molecule has 4 heteroatoms. The van der Waals surface area contributed by atoms with Crippen molar-refractivity contribution in [3.8, 4) is 0 Å². The van der Waals surface area contributed by atoms with Crippen LogP contribution in [0.4, 0.5) is 0 Å². The highest BCUT2D eigenvalue weighted by Gasteiger charge is 1.99. The standard InChI is InChI=1S/C5H11Cl.C5H4O2S/c1-2-3-4-5-6;6-5(7)4-2-1-3-8-4/h2-5H2,1H3;1-3H,(H,6,7). The van der Waals surface area contributed by atoms with Gasteiger partial charge in [0.15, 0.2) is 0 Å². The maximum atomic E-state index is 10.1. The predicted molar refractivity (Wildman–Crippen MR) is 61.5 cm³/mol. The molecule has 0 spiro atoms. The summed E-state index contributed by atoms with van der Waals surface area (Å²) in [6.45, 7) is 2.17. The summed E-state index contributed by atoms with van der Waals surface area (Å²) in [4.78, 5) is 10.5. The lowest BCUT2D eigenvalue weighted by Crippen LogP contribution is -1.89. The maximum absolute atomic E-state index is 10.1. The molecular formula is C10H15ClO2S. The maximum Gasteiger partial charge on any atom is 0.345 e. The molecule has 0 radical (unpaired) electrons. The van der Waals surface area contributed by atoms with E-state index in [-0.39, 0.29) is 0 Å². The first kappa shape index (κ1) is 13.5. The van der Waals surface area contributed by atoms with Gasteiger partial charge in [-0.2, -0.15) is 0 Å². The third-order valence-corrected chi connectivity index (χ3v) is 2.59. The van der Waals surface area contributed by atoms with E-state index < -0.39 is 5.97 Å². The summed E-state index contributed by atoms with van der Waals surface area (Å²) in [5.41, 5.74) is 0. The van der Waals surface area contributed by atoms with Crippen molar-refractivity contribution in [2.24, 2.45) is 0 Å². The van der Waals surface area contributed by atoms with E-state index in [1.165, 1.54) is 30.6 Å². The minimum Gasteiger partial charge on any atom is -0.477 e. The van der Waals surface area contributed by atoms with E-state index in [1.54, 1.807) is 17.5 Å². The van der Waals surface area contributed by atoms with Crippen molar-refractivity contribution < 1.29 is 9.90 Å². The summed E-state index contributed by atoms with van der Waals surface area (Å²) < 4.78 is 0. The normalized spacial score (nSPS) is 9.00. The second kappa shape index (κ2) is 9.03. The lowest BCUT2D eigenvalue weighted by Gasteiger charge is -1.84. The Morgan fingerprint density at radius 2 is 2.29 bits per heavy atom. The van der Waals surface area contributed by atoms with Gasteiger partial charge in [-0.1, -0.05) is 25.8 Å². The van der Waals surface area contributed by atoms with Gasteiger partial charge in [-0.15, -0.1) is 22.9 Å². The summed E-state index contributed by atoms with van der Waals surface area (Å²) >= 11 is 6.61. The van der Waals surface area contributed by atoms with Crippen LogP contribution in [-0.4, -0.2) is 17.0 Å². The third-order valence-electron chi connectivity index (χ3n) is 1.47. The van der Waals surface area contributed by atoms with E-state index in [9.17, 15) is 4.79 Å². The van der Waals surface area contributed by atoms with Crippen LogP contribution in [0.25, 0.3) is 0 Å². The Morgan fingerprint density at radius 3 is 2.50 bits per heavy atom. The number of hydrogen-bond acceptors (Lipinski definition) is 2. The zero-order valence-corrected chi connectivity index (χ0v) is 9.77. The van der Waals surface area contributed by atoms with Crippen molar-refractivity contribution in [3.05, 3.63) is 22.4 Å². The highest BCUT2D eigenvalue weighted by atomic mass is 35.5. The molecule has 0 unspecified atom stereocenters. The Kier molecular flexibility index (Phi) is 8.68. The Balaban J connectivity index is 0.000000255. The molecule has 0 saturated carbocycles. The highest BCUT2D eigenvalue weighted by Crippen LogP contribution is 2.06. The van der Waals surface area contributed by atoms with Gasteiger partial charge in [0.05, 0.1) is 0 Å². The summed E-state index contributed by atoms with van der Waals surface area (Å²) in [5.74, 6) is -0.0200. The first-order valence-electron chi connectivity index (χ1n) is 4.55. The summed E-state index contributed by atoms with van der Waals surface area (Å²) in [6, 6.07) is 3.29. The Labute approximate surface area is 93.5 Å². The van der Waals surface area contributed by atoms with E-state index in [1.807, 2.05) is 0 Å². The number of carboxylic acids is 1. The second-order valence-corrected chi connectivity index (χ2v) is 4.00. The molecular weight excluding hydrogens is 220 g/mol. The second-order valence-electron chi connectivity index (χ2n) is 2.68.